The van der Waals surface area contributed by atoms with Crippen molar-refractivity contribution in [2.24, 2.45) is 5.41 Å². The van der Waals surface area contributed by atoms with Crippen LogP contribution in [0, 0.1) is 5.41 Å². The first kappa shape index (κ1) is 14.3. The van der Waals surface area contributed by atoms with E-state index in [-0.39, 0.29) is 12.6 Å². The van der Waals surface area contributed by atoms with E-state index in [2.05, 4.69) is 10.3 Å². The number of carbonyl (C=O) groups is 2. The first-order chi connectivity index (χ1) is 9.53. The van der Waals surface area contributed by atoms with Gasteiger partial charge in [-0.25, -0.2) is 4.79 Å². The molecule has 6 heteroatoms. The number of hydrogen-bond donors (Lipinski definition) is 2. The molecule has 0 aromatic carbocycles. The van der Waals surface area contributed by atoms with E-state index < -0.39 is 11.4 Å². The lowest BCUT2D eigenvalue weighted by molar-refractivity contribution is -0.153. The molecule has 0 aliphatic heterocycles. The van der Waals surface area contributed by atoms with Gasteiger partial charge in [0.2, 0.25) is 0 Å². The maximum absolute atomic E-state index is 12.0. The highest BCUT2D eigenvalue weighted by Gasteiger charge is 2.44. The molecule has 0 saturated heterocycles. The number of nitrogens with one attached hydrogen (secondary N) is 1. The Hall–Kier alpha value is -2.11. The molecule has 0 bridgehead atoms. The first-order valence-electron chi connectivity index (χ1n) is 6.65. The standard InChI is InChI=1S/C14H19N3O3/c1-17(9-11-4-2-7-15-8-11)13(20)16-10-14(12(18)19)5-3-6-14/h2,4,7-8H,3,5-6,9-10H2,1H3,(H,16,20)(H,18,19). The summed E-state index contributed by atoms with van der Waals surface area (Å²) < 4.78 is 0. The second-order valence-electron chi connectivity index (χ2n) is 5.32. The summed E-state index contributed by atoms with van der Waals surface area (Å²) in [5.41, 5.74) is 0.173. The minimum atomic E-state index is -0.820. The van der Waals surface area contributed by atoms with Crippen molar-refractivity contribution >= 4 is 12.0 Å². The Labute approximate surface area is 117 Å². The Morgan fingerprint density at radius 3 is 2.75 bits per heavy atom. The summed E-state index contributed by atoms with van der Waals surface area (Å²) in [6, 6.07) is 3.44. The highest BCUT2D eigenvalue weighted by molar-refractivity contribution is 5.78. The van der Waals surface area contributed by atoms with Crippen LogP contribution in [0.5, 0.6) is 0 Å². The summed E-state index contributed by atoms with van der Waals surface area (Å²) in [5.74, 6) is -0.820. The van der Waals surface area contributed by atoms with Crippen LogP contribution < -0.4 is 5.32 Å². The molecule has 1 fully saturated rings. The fraction of sp³-hybridized carbons (Fsp3) is 0.500. The van der Waals surface area contributed by atoms with Gasteiger partial charge in [0.1, 0.15) is 0 Å². The van der Waals surface area contributed by atoms with Crippen molar-refractivity contribution in [2.75, 3.05) is 13.6 Å². The van der Waals surface area contributed by atoms with E-state index >= 15 is 0 Å². The van der Waals surface area contributed by atoms with Crippen LogP contribution >= 0.6 is 0 Å². The molecule has 2 rings (SSSR count). The topological polar surface area (TPSA) is 82.5 Å². The zero-order valence-corrected chi connectivity index (χ0v) is 11.5. The van der Waals surface area contributed by atoms with Crippen molar-refractivity contribution < 1.29 is 14.7 Å². The van der Waals surface area contributed by atoms with Gasteiger partial charge in [0, 0.05) is 32.5 Å². The van der Waals surface area contributed by atoms with Gasteiger partial charge in [-0.15, -0.1) is 0 Å². The molecule has 1 heterocycles. The minimum absolute atomic E-state index is 0.193. The lowest BCUT2D eigenvalue weighted by Crippen LogP contribution is -2.49. The lowest BCUT2D eigenvalue weighted by atomic mass is 9.69. The number of aromatic nitrogens is 1. The van der Waals surface area contributed by atoms with Gasteiger partial charge < -0.3 is 15.3 Å². The highest BCUT2D eigenvalue weighted by Crippen LogP contribution is 2.40. The molecular weight excluding hydrogens is 258 g/mol. The zero-order chi connectivity index (χ0) is 14.6. The Bertz CT molecular complexity index is 486. The second-order valence-corrected chi connectivity index (χ2v) is 5.32. The largest absolute Gasteiger partial charge is 0.481 e. The summed E-state index contributed by atoms with van der Waals surface area (Å²) in [7, 11) is 1.68. The van der Waals surface area contributed by atoms with Crippen LogP contribution in [-0.4, -0.2) is 40.6 Å². The van der Waals surface area contributed by atoms with Crippen molar-refractivity contribution in [3.8, 4) is 0 Å². The van der Waals surface area contributed by atoms with Gasteiger partial charge in [-0.3, -0.25) is 9.78 Å². The van der Waals surface area contributed by atoms with Gasteiger partial charge in [0.15, 0.2) is 0 Å². The van der Waals surface area contributed by atoms with Crippen molar-refractivity contribution in [2.45, 2.75) is 25.8 Å². The van der Waals surface area contributed by atoms with Crippen LogP contribution in [0.3, 0.4) is 0 Å². The predicted molar refractivity (Wildman–Crippen MR) is 73.0 cm³/mol. The maximum Gasteiger partial charge on any atom is 0.317 e. The average molecular weight is 277 g/mol. The molecule has 0 radical (unpaired) electrons. The number of hydrogen-bond acceptors (Lipinski definition) is 3. The summed E-state index contributed by atoms with van der Waals surface area (Å²) in [6.07, 6.45) is 5.56. The second kappa shape index (κ2) is 5.90. The van der Waals surface area contributed by atoms with E-state index in [4.69, 9.17) is 0 Å². The van der Waals surface area contributed by atoms with Crippen molar-refractivity contribution in [3.63, 3.8) is 0 Å². The molecule has 0 atom stereocenters. The SMILES string of the molecule is CN(Cc1cccnc1)C(=O)NCC1(C(=O)O)CCC1. The molecule has 2 N–H and O–H groups in total. The first-order valence-corrected chi connectivity index (χ1v) is 6.65. The molecule has 20 heavy (non-hydrogen) atoms. The summed E-state index contributed by atoms with van der Waals surface area (Å²) in [4.78, 5) is 28.7. The Morgan fingerprint density at radius 1 is 1.50 bits per heavy atom. The minimum Gasteiger partial charge on any atom is -0.481 e. The third-order valence-corrected chi connectivity index (χ3v) is 3.83. The van der Waals surface area contributed by atoms with Gasteiger partial charge in [-0.1, -0.05) is 12.5 Å². The number of pyridine rings is 1. The molecule has 1 saturated carbocycles. The van der Waals surface area contributed by atoms with Gasteiger partial charge in [0.25, 0.3) is 0 Å². The lowest BCUT2D eigenvalue weighted by Gasteiger charge is -2.37. The van der Waals surface area contributed by atoms with Crippen LogP contribution in [0.4, 0.5) is 4.79 Å². The van der Waals surface area contributed by atoms with Gasteiger partial charge in [-0.2, -0.15) is 0 Å². The van der Waals surface area contributed by atoms with Crippen molar-refractivity contribution in [3.05, 3.63) is 30.1 Å². The third kappa shape index (κ3) is 3.07. The van der Waals surface area contributed by atoms with Crippen molar-refractivity contribution in [1.82, 2.24) is 15.2 Å². The van der Waals surface area contributed by atoms with Crippen LogP contribution in [0.25, 0.3) is 0 Å². The van der Waals surface area contributed by atoms with Crippen LogP contribution in [-0.2, 0) is 11.3 Å². The third-order valence-electron chi connectivity index (χ3n) is 3.83. The van der Waals surface area contributed by atoms with E-state index in [1.54, 1.807) is 19.4 Å². The van der Waals surface area contributed by atoms with E-state index in [1.807, 2.05) is 12.1 Å². The number of nitrogens with zero attached hydrogens (tertiary/aromatic N) is 2. The van der Waals surface area contributed by atoms with E-state index in [9.17, 15) is 14.7 Å². The zero-order valence-electron chi connectivity index (χ0n) is 11.5. The van der Waals surface area contributed by atoms with Crippen LogP contribution in [0.15, 0.2) is 24.5 Å². The summed E-state index contributed by atoms with van der Waals surface area (Å²) in [5, 5.41) is 11.9. The molecule has 0 unspecified atom stereocenters. The molecule has 1 aromatic rings. The number of carboxylic acids is 1. The maximum atomic E-state index is 12.0. The van der Waals surface area contributed by atoms with E-state index in [0.717, 1.165) is 12.0 Å². The fourth-order valence-electron chi connectivity index (χ4n) is 2.29. The molecule has 2 amide bonds. The van der Waals surface area contributed by atoms with E-state index in [1.165, 1.54) is 4.90 Å². The Balaban J connectivity index is 1.84. The molecule has 108 valence electrons. The highest BCUT2D eigenvalue weighted by atomic mass is 16.4. The molecule has 6 nitrogen and oxygen atoms in total. The number of carbonyl (C=O) groups excluding carboxylic acids is 1. The number of rotatable bonds is 5. The van der Waals surface area contributed by atoms with Crippen LogP contribution in [0.2, 0.25) is 0 Å². The Morgan fingerprint density at radius 2 is 2.25 bits per heavy atom. The number of aliphatic carboxylic acids is 1. The van der Waals surface area contributed by atoms with Gasteiger partial charge in [-0.05, 0) is 24.5 Å². The van der Waals surface area contributed by atoms with Gasteiger partial charge >= 0.3 is 12.0 Å². The Kier molecular flexibility index (Phi) is 4.22. The summed E-state index contributed by atoms with van der Waals surface area (Å²) >= 11 is 0. The molecule has 1 aliphatic carbocycles. The fourth-order valence-corrected chi connectivity index (χ4v) is 2.29. The summed E-state index contributed by atoms with van der Waals surface area (Å²) in [6.45, 7) is 0.637. The monoisotopic (exact) mass is 277 g/mol. The van der Waals surface area contributed by atoms with Gasteiger partial charge in [0.05, 0.1) is 5.41 Å². The van der Waals surface area contributed by atoms with Crippen LogP contribution in [0.1, 0.15) is 24.8 Å². The average Bonchev–Trinajstić information content (AvgIpc) is 2.37. The molecule has 0 spiro atoms. The number of urea groups is 1. The normalized spacial score (nSPS) is 16.1. The quantitative estimate of drug-likeness (QED) is 0.854. The molecule has 1 aliphatic rings. The van der Waals surface area contributed by atoms with Crippen molar-refractivity contribution in [1.29, 1.82) is 0 Å². The smallest absolute Gasteiger partial charge is 0.317 e. The number of amides is 2. The predicted octanol–water partition coefficient (Wildman–Crippen LogP) is 1.48. The van der Waals surface area contributed by atoms with E-state index in [0.29, 0.717) is 19.4 Å². The molecular formula is C14H19N3O3. The number of carboxylic acid groups (broad SMARTS) is 1. The molecule has 1 aromatic heterocycles.